The molecule has 0 heterocycles. The molecule has 0 unspecified atom stereocenters. The summed E-state index contributed by atoms with van der Waals surface area (Å²) >= 11 is 0. The Kier molecular flexibility index (Phi) is 10.7. The number of anilines is 2. The number of hydrogen-bond donors (Lipinski definition) is 0. The van der Waals surface area contributed by atoms with Gasteiger partial charge in [0.1, 0.15) is 0 Å². The maximum Gasteiger partial charge on any atom is 0.0413 e. The predicted octanol–water partition coefficient (Wildman–Crippen LogP) is 8.31. The van der Waals surface area contributed by atoms with Crippen molar-refractivity contribution in [2.75, 3.05) is 11.4 Å². The number of unbranched alkanes of at least 4 members (excludes halogenated alkanes) is 9. The van der Waals surface area contributed by atoms with E-state index in [-0.39, 0.29) is 0 Å². The molecule has 148 valence electrons. The van der Waals surface area contributed by atoms with Crippen LogP contribution in [0, 0.1) is 0 Å². The van der Waals surface area contributed by atoms with Crippen molar-refractivity contribution in [2.45, 2.75) is 84.5 Å². The molecule has 0 spiro atoms. The van der Waals surface area contributed by atoms with Crippen LogP contribution in [0.5, 0.6) is 0 Å². The van der Waals surface area contributed by atoms with E-state index in [4.69, 9.17) is 0 Å². The first-order valence-electron chi connectivity index (χ1n) is 11.3. The third kappa shape index (κ3) is 8.20. The first-order chi connectivity index (χ1) is 13.3. The largest absolute Gasteiger partial charge is 0.341 e. The Hall–Kier alpha value is -1.76. The van der Waals surface area contributed by atoms with E-state index in [2.05, 4.69) is 73.3 Å². The summed E-state index contributed by atoms with van der Waals surface area (Å²) in [6, 6.07) is 19.9. The lowest BCUT2D eigenvalue weighted by Gasteiger charge is -2.25. The number of rotatable bonds is 14. The Balaban J connectivity index is 1.78. The fraction of sp³-hybridized carbons (Fsp3) is 0.538. The van der Waals surface area contributed by atoms with Crippen LogP contribution in [-0.2, 0) is 6.42 Å². The average molecular weight is 366 g/mol. The van der Waals surface area contributed by atoms with E-state index in [0.717, 1.165) is 13.0 Å². The third-order valence-corrected chi connectivity index (χ3v) is 5.43. The molecule has 0 saturated carbocycles. The minimum Gasteiger partial charge on any atom is -0.341 e. The van der Waals surface area contributed by atoms with Crippen LogP contribution in [0.15, 0.2) is 54.6 Å². The summed E-state index contributed by atoms with van der Waals surface area (Å²) in [6.07, 6.45) is 15.0. The molecule has 2 aromatic rings. The van der Waals surface area contributed by atoms with Crippen molar-refractivity contribution in [3.8, 4) is 0 Å². The first-order valence-corrected chi connectivity index (χ1v) is 11.3. The Labute approximate surface area is 167 Å². The second kappa shape index (κ2) is 13.4. The average Bonchev–Trinajstić information content (AvgIpc) is 2.73. The second-order valence-corrected chi connectivity index (χ2v) is 7.69. The summed E-state index contributed by atoms with van der Waals surface area (Å²) in [4.78, 5) is 2.49. The fourth-order valence-electron chi connectivity index (χ4n) is 3.72. The van der Waals surface area contributed by atoms with Gasteiger partial charge in [0.15, 0.2) is 0 Å². The van der Waals surface area contributed by atoms with Crippen LogP contribution in [0.3, 0.4) is 0 Å². The highest BCUT2D eigenvalue weighted by molar-refractivity contribution is 5.63. The van der Waals surface area contributed by atoms with Gasteiger partial charge in [0, 0.05) is 17.9 Å². The van der Waals surface area contributed by atoms with Gasteiger partial charge in [-0.15, -0.1) is 0 Å². The Morgan fingerprint density at radius 3 is 1.81 bits per heavy atom. The normalized spacial score (nSPS) is 10.9. The van der Waals surface area contributed by atoms with Gasteiger partial charge in [-0.2, -0.15) is 0 Å². The number of aryl methyl sites for hydroxylation is 1. The lowest BCUT2D eigenvalue weighted by atomic mass is 10.1. The summed E-state index contributed by atoms with van der Waals surface area (Å²) in [6.45, 7) is 5.62. The van der Waals surface area contributed by atoms with Gasteiger partial charge in [-0.05, 0) is 42.7 Å². The Morgan fingerprint density at radius 2 is 1.19 bits per heavy atom. The van der Waals surface area contributed by atoms with Crippen molar-refractivity contribution < 1.29 is 0 Å². The van der Waals surface area contributed by atoms with Crippen LogP contribution in [0.1, 0.15) is 83.6 Å². The Morgan fingerprint density at radius 1 is 0.593 bits per heavy atom. The molecule has 27 heavy (non-hydrogen) atoms. The van der Waals surface area contributed by atoms with Gasteiger partial charge in [-0.25, -0.2) is 0 Å². The monoisotopic (exact) mass is 365 g/mol. The third-order valence-electron chi connectivity index (χ3n) is 5.43. The maximum atomic E-state index is 2.49. The van der Waals surface area contributed by atoms with Gasteiger partial charge < -0.3 is 4.90 Å². The highest BCUT2D eigenvalue weighted by Crippen LogP contribution is 2.27. The van der Waals surface area contributed by atoms with Crippen molar-refractivity contribution in [1.82, 2.24) is 0 Å². The zero-order valence-electron chi connectivity index (χ0n) is 17.6. The molecule has 0 saturated heterocycles. The summed E-state index contributed by atoms with van der Waals surface area (Å²) in [5, 5.41) is 0. The molecule has 2 aromatic carbocycles. The maximum absolute atomic E-state index is 2.49. The van der Waals surface area contributed by atoms with E-state index >= 15 is 0 Å². The molecule has 0 bridgehead atoms. The van der Waals surface area contributed by atoms with E-state index in [9.17, 15) is 0 Å². The molecule has 0 fully saturated rings. The molecule has 0 aromatic heterocycles. The molecule has 0 aliphatic carbocycles. The molecule has 0 aliphatic heterocycles. The topological polar surface area (TPSA) is 3.24 Å². The van der Waals surface area contributed by atoms with E-state index in [1.165, 1.54) is 81.1 Å². The van der Waals surface area contributed by atoms with E-state index < -0.39 is 0 Å². The lowest BCUT2D eigenvalue weighted by molar-refractivity contribution is 0.557. The van der Waals surface area contributed by atoms with E-state index in [1.807, 2.05) is 0 Å². The molecule has 1 nitrogen and oxygen atoms in total. The van der Waals surface area contributed by atoms with Crippen LogP contribution in [0.2, 0.25) is 0 Å². The van der Waals surface area contributed by atoms with Gasteiger partial charge in [0.2, 0.25) is 0 Å². The molecule has 0 atom stereocenters. The summed E-state index contributed by atoms with van der Waals surface area (Å²) in [5.74, 6) is 0. The molecule has 0 N–H and O–H groups in total. The fourth-order valence-corrected chi connectivity index (χ4v) is 3.72. The smallest absolute Gasteiger partial charge is 0.0413 e. The highest BCUT2D eigenvalue weighted by Gasteiger charge is 2.09. The minimum absolute atomic E-state index is 1.09. The molecule has 2 rings (SSSR count). The van der Waals surface area contributed by atoms with Crippen molar-refractivity contribution >= 4 is 11.4 Å². The zero-order chi connectivity index (χ0) is 19.2. The van der Waals surface area contributed by atoms with Gasteiger partial charge in [0.25, 0.3) is 0 Å². The van der Waals surface area contributed by atoms with Gasteiger partial charge >= 0.3 is 0 Å². The van der Waals surface area contributed by atoms with Gasteiger partial charge in [-0.1, -0.05) is 102 Å². The number of benzene rings is 2. The lowest BCUT2D eigenvalue weighted by Crippen LogP contribution is -2.18. The van der Waals surface area contributed by atoms with Crippen molar-refractivity contribution in [3.05, 3.63) is 60.2 Å². The number of nitrogens with zero attached hydrogens (tertiary/aromatic N) is 1. The first kappa shape index (κ1) is 21.5. The molecular formula is C26H39N. The summed E-state index contributed by atoms with van der Waals surface area (Å²) in [5.41, 5.74) is 4.05. The summed E-state index contributed by atoms with van der Waals surface area (Å²) < 4.78 is 0. The van der Waals surface area contributed by atoms with E-state index in [0.29, 0.717) is 0 Å². The van der Waals surface area contributed by atoms with Crippen LogP contribution >= 0.6 is 0 Å². The Bertz CT molecular complexity index is 605. The predicted molar refractivity (Wildman–Crippen MR) is 121 cm³/mol. The molecule has 1 heteroatoms. The molecule has 0 amide bonds. The quantitative estimate of drug-likeness (QED) is 0.304. The summed E-state index contributed by atoms with van der Waals surface area (Å²) in [7, 11) is 0. The van der Waals surface area contributed by atoms with Gasteiger partial charge in [-0.3, -0.25) is 0 Å². The zero-order valence-corrected chi connectivity index (χ0v) is 17.6. The molecule has 0 radical (unpaired) electrons. The standard InChI is InChI=1S/C26H39N/c1-3-5-6-7-8-9-10-11-12-16-22-27(25-19-14-13-15-20-25)26-21-17-18-24(4-2)23-26/h13-15,17-21,23H,3-12,16,22H2,1-2H3. The van der Waals surface area contributed by atoms with Crippen LogP contribution < -0.4 is 4.90 Å². The molecular weight excluding hydrogens is 326 g/mol. The molecule has 0 aliphatic rings. The minimum atomic E-state index is 1.09. The van der Waals surface area contributed by atoms with Crippen LogP contribution in [-0.4, -0.2) is 6.54 Å². The van der Waals surface area contributed by atoms with Crippen LogP contribution in [0.25, 0.3) is 0 Å². The number of para-hydroxylation sites is 1. The van der Waals surface area contributed by atoms with Crippen molar-refractivity contribution in [3.63, 3.8) is 0 Å². The van der Waals surface area contributed by atoms with Gasteiger partial charge in [0.05, 0.1) is 0 Å². The SMILES string of the molecule is CCCCCCCCCCCCN(c1ccccc1)c1cccc(CC)c1. The van der Waals surface area contributed by atoms with Crippen molar-refractivity contribution in [2.24, 2.45) is 0 Å². The second-order valence-electron chi connectivity index (χ2n) is 7.69. The van der Waals surface area contributed by atoms with Crippen LogP contribution in [0.4, 0.5) is 11.4 Å². The number of hydrogen-bond acceptors (Lipinski definition) is 1. The van der Waals surface area contributed by atoms with E-state index in [1.54, 1.807) is 0 Å². The highest BCUT2D eigenvalue weighted by atomic mass is 15.1. The van der Waals surface area contributed by atoms with Crippen molar-refractivity contribution in [1.29, 1.82) is 0 Å².